The van der Waals surface area contributed by atoms with Gasteiger partial charge in [-0.1, -0.05) is 43.5 Å². The van der Waals surface area contributed by atoms with E-state index in [-0.39, 0.29) is 12.9 Å². The Labute approximate surface area is 179 Å². The van der Waals surface area contributed by atoms with Crippen molar-refractivity contribution in [1.82, 2.24) is 0 Å². The van der Waals surface area contributed by atoms with Gasteiger partial charge in [0, 0.05) is 25.6 Å². The number of nitrogens with zero attached hydrogens (tertiary/aromatic N) is 1. The molecule has 28 heavy (non-hydrogen) atoms. The van der Waals surface area contributed by atoms with Gasteiger partial charge in [-0.3, -0.25) is 0 Å². The van der Waals surface area contributed by atoms with Gasteiger partial charge >= 0.3 is 0 Å². The normalized spacial score (nSPS) is 17.0. The Morgan fingerprint density at radius 3 is 2.43 bits per heavy atom. The van der Waals surface area contributed by atoms with Crippen molar-refractivity contribution in [2.75, 3.05) is 6.79 Å². The first-order valence-electron chi connectivity index (χ1n) is 8.79. The summed E-state index contributed by atoms with van der Waals surface area (Å²) in [6, 6.07) is 18.1. The van der Waals surface area contributed by atoms with Crippen LogP contribution in [0.4, 0.5) is 5.69 Å². The summed E-state index contributed by atoms with van der Waals surface area (Å²) in [4.78, 5) is 4.77. The summed E-state index contributed by atoms with van der Waals surface area (Å²) in [5, 5.41) is 0. The lowest BCUT2D eigenvalue weighted by molar-refractivity contribution is 0.173. The fourth-order valence-corrected chi connectivity index (χ4v) is 4.18. The molecular weight excluding hydrogens is 486 g/mol. The minimum absolute atomic E-state index is 0.234. The number of halogens is 2. The maximum Gasteiger partial charge on any atom is 0.231 e. The maximum absolute atomic E-state index is 6.43. The Balaban J connectivity index is 1.65. The molecule has 0 saturated carbocycles. The van der Waals surface area contributed by atoms with E-state index < -0.39 is 0 Å². The Morgan fingerprint density at radius 2 is 1.64 bits per heavy atom. The lowest BCUT2D eigenvalue weighted by Gasteiger charge is -2.27. The second kappa shape index (κ2) is 6.94. The molecule has 0 aliphatic carbocycles. The molecule has 2 heterocycles. The van der Waals surface area contributed by atoms with Gasteiger partial charge in [-0.25, -0.2) is 4.99 Å². The lowest BCUT2D eigenvalue weighted by atomic mass is 9.96. The zero-order valence-corrected chi connectivity index (χ0v) is 18.1. The van der Waals surface area contributed by atoms with Gasteiger partial charge in [0.2, 0.25) is 12.7 Å². The van der Waals surface area contributed by atoms with Crippen LogP contribution in [0.25, 0.3) is 0 Å². The first kappa shape index (κ1) is 17.8. The fourth-order valence-electron chi connectivity index (χ4n) is 3.39. The van der Waals surface area contributed by atoms with Crippen LogP contribution in [0.2, 0.25) is 0 Å². The van der Waals surface area contributed by atoms with E-state index in [0.717, 1.165) is 48.4 Å². The predicted octanol–water partition coefficient (Wildman–Crippen LogP) is 6.45. The third-order valence-corrected chi connectivity index (χ3v) is 6.00. The highest BCUT2D eigenvalue weighted by Gasteiger charge is 2.30. The molecule has 6 heteroatoms. The van der Waals surface area contributed by atoms with Gasteiger partial charge in [0.15, 0.2) is 17.6 Å². The number of hydrogen-bond donors (Lipinski definition) is 0. The van der Waals surface area contributed by atoms with Gasteiger partial charge in [-0.15, -0.1) is 0 Å². The van der Waals surface area contributed by atoms with Crippen molar-refractivity contribution < 1.29 is 14.2 Å². The van der Waals surface area contributed by atoms with Crippen molar-refractivity contribution in [2.45, 2.75) is 13.0 Å². The Morgan fingerprint density at radius 1 is 0.893 bits per heavy atom. The minimum atomic E-state index is -0.310. The van der Waals surface area contributed by atoms with Crippen molar-refractivity contribution in [3.8, 4) is 11.5 Å². The van der Waals surface area contributed by atoms with Crippen molar-refractivity contribution in [3.63, 3.8) is 0 Å². The molecule has 140 valence electrons. The number of rotatable bonds is 2. The van der Waals surface area contributed by atoms with Crippen LogP contribution < -0.4 is 9.47 Å². The molecule has 0 N–H and O–H groups in total. The molecule has 1 atom stereocenters. The molecular formula is C22H15Br2NO3. The Bertz CT molecular complexity index is 1110. The van der Waals surface area contributed by atoms with Gasteiger partial charge in [0.1, 0.15) is 0 Å². The van der Waals surface area contributed by atoms with E-state index in [1.165, 1.54) is 0 Å². The molecule has 3 aromatic carbocycles. The standard InChI is InChI=1S/C22H15Br2NO3/c1-12-2-7-18-16(8-12)21(15-9-19-20(10-17(15)24)27-11-26-19)28-22(25-18)13-3-5-14(23)6-4-13/h2-10,21H,11H2,1H3. The number of ether oxygens (including phenoxy) is 3. The summed E-state index contributed by atoms with van der Waals surface area (Å²) >= 11 is 7.16. The molecule has 0 bridgehead atoms. The molecule has 2 aliphatic heterocycles. The molecule has 0 radical (unpaired) electrons. The Kier molecular flexibility index (Phi) is 4.40. The summed E-state index contributed by atoms with van der Waals surface area (Å²) in [6.07, 6.45) is -0.310. The van der Waals surface area contributed by atoms with Crippen LogP contribution >= 0.6 is 31.9 Å². The second-order valence-corrected chi connectivity index (χ2v) is 8.48. The van der Waals surface area contributed by atoms with Crippen LogP contribution in [0.3, 0.4) is 0 Å². The zero-order valence-electron chi connectivity index (χ0n) is 14.9. The number of hydrogen-bond acceptors (Lipinski definition) is 4. The minimum Gasteiger partial charge on any atom is -0.464 e. The molecule has 0 fully saturated rings. The number of aryl methyl sites for hydroxylation is 1. The van der Waals surface area contributed by atoms with Crippen LogP contribution in [0, 0.1) is 6.92 Å². The topological polar surface area (TPSA) is 40.0 Å². The molecule has 2 aliphatic rings. The van der Waals surface area contributed by atoms with E-state index in [4.69, 9.17) is 19.2 Å². The van der Waals surface area contributed by atoms with Crippen LogP contribution in [0.15, 0.2) is 68.5 Å². The van der Waals surface area contributed by atoms with E-state index in [0.29, 0.717) is 5.90 Å². The monoisotopic (exact) mass is 499 g/mol. The smallest absolute Gasteiger partial charge is 0.231 e. The van der Waals surface area contributed by atoms with Crippen LogP contribution in [-0.2, 0) is 4.74 Å². The third-order valence-electron chi connectivity index (χ3n) is 4.78. The zero-order chi connectivity index (χ0) is 19.3. The second-order valence-electron chi connectivity index (χ2n) is 6.71. The summed E-state index contributed by atoms with van der Waals surface area (Å²) in [5.74, 6) is 2.06. The SMILES string of the molecule is Cc1ccc2c(c1)C(c1cc3c(cc1Br)OCO3)OC(c1ccc(Br)cc1)=N2. The summed E-state index contributed by atoms with van der Waals surface area (Å²) in [7, 11) is 0. The van der Waals surface area contributed by atoms with Gasteiger partial charge in [-0.2, -0.15) is 0 Å². The van der Waals surface area contributed by atoms with E-state index in [1.54, 1.807) is 0 Å². The highest BCUT2D eigenvalue weighted by molar-refractivity contribution is 9.10. The van der Waals surface area contributed by atoms with Crippen LogP contribution in [-0.4, -0.2) is 12.7 Å². The first-order chi connectivity index (χ1) is 13.6. The largest absolute Gasteiger partial charge is 0.464 e. The molecule has 0 amide bonds. The highest BCUT2D eigenvalue weighted by Crippen LogP contribution is 2.45. The maximum atomic E-state index is 6.43. The van der Waals surface area contributed by atoms with Crippen LogP contribution in [0.1, 0.15) is 28.4 Å². The lowest BCUT2D eigenvalue weighted by Crippen LogP contribution is -2.18. The van der Waals surface area contributed by atoms with Crippen molar-refractivity contribution in [1.29, 1.82) is 0 Å². The van der Waals surface area contributed by atoms with Crippen molar-refractivity contribution >= 4 is 43.4 Å². The van der Waals surface area contributed by atoms with E-state index in [2.05, 4.69) is 50.9 Å². The first-order valence-corrected chi connectivity index (χ1v) is 10.4. The van der Waals surface area contributed by atoms with Gasteiger partial charge < -0.3 is 14.2 Å². The van der Waals surface area contributed by atoms with E-state index >= 15 is 0 Å². The van der Waals surface area contributed by atoms with E-state index in [9.17, 15) is 0 Å². The molecule has 1 unspecified atom stereocenters. The molecule has 0 saturated heterocycles. The quantitative estimate of drug-likeness (QED) is 0.406. The fraction of sp³-hybridized carbons (Fsp3) is 0.136. The van der Waals surface area contributed by atoms with Gasteiger partial charge in [0.05, 0.1) is 5.69 Å². The van der Waals surface area contributed by atoms with Crippen molar-refractivity contribution in [2.24, 2.45) is 4.99 Å². The van der Waals surface area contributed by atoms with E-state index in [1.807, 2.05) is 42.5 Å². The summed E-state index contributed by atoms with van der Waals surface area (Å²) in [5.41, 5.74) is 4.99. The molecule has 5 rings (SSSR count). The molecule has 0 aromatic heterocycles. The average molecular weight is 501 g/mol. The molecule has 4 nitrogen and oxygen atoms in total. The number of aliphatic imine (C=N–C) groups is 1. The van der Waals surface area contributed by atoms with Crippen molar-refractivity contribution in [3.05, 3.63) is 85.8 Å². The van der Waals surface area contributed by atoms with Crippen LogP contribution in [0.5, 0.6) is 11.5 Å². The number of fused-ring (bicyclic) bond motifs is 2. The summed E-state index contributed by atoms with van der Waals surface area (Å²) < 4.78 is 19.4. The predicted molar refractivity (Wildman–Crippen MR) is 115 cm³/mol. The molecule has 0 spiro atoms. The third kappa shape index (κ3) is 3.10. The average Bonchev–Trinajstić information content (AvgIpc) is 3.14. The van der Waals surface area contributed by atoms with Gasteiger partial charge in [0.25, 0.3) is 0 Å². The highest BCUT2D eigenvalue weighted by atomic mass is 79.9. The van der Waals surface area contributed by atoms with Gasteiger partial charge in [-0.05, 0) is 55.5 Å². The summed E-state index contributed by atoms with van der Waals surface area (Å²) in [6.45, 7) is 2.30. The number of benzene rings is 3. The Hall–Kier alpha value is -2.31. The molecule has 3 aromatic rings.